The van der Waals surface area contributed by atoms with Crippen LogP contribution in [-0.4, -0.2) is 21.9 Å². The average Bonchev–Trinajstić information content (AvgIpc) is 2.95. The van der Waals surface area contributed by atoms with Gasteiger partial charge < -0.3 is 14.5 Å². The van der Waals surface area contributed by atoms with Gasteiger partial charge in [-0.2, -0.15) is 0 Å². The number of nitrogens with zero attached hydrogens (tertiary/aromatic N) is 2. The second kappa shape index (κ2) is 6.09. The van der Waals surface area contributed by atoms with Crippen molar-refractivity contribution in [3.05, 3.63) is 66.6 Å². The van der Waals surface area contributed by atoms with E-state index in [4.69, 9.17) is 4.74 Å². The van der Waals surface area contributed by atoms with E-state index in [1.54, 1.807) is 0 Å². The molecule has 3 rings (SSSR count). The molecule has 5 nitrogen and oxygen atoms in total. The SMILES string of the molecule is O=C(COc1ccccc1)NCc1cn2ccccc2n1. The quantitative estimate of drug-likeness (QED) is 0.778. The van der Waals surface area contributed by atoms with E-state index in [0.717, 1.165) is 11.3 Å². The van der Waals surface area contributed by atoms with E-state index in [0.29, 0.717) is 12.3 Å². The Morgan fingerprint density at radius 1 is 1.14 bits per heavy atom. The molecule has 0 unspecified atom stereocenters. The van der Waals surface area contributed by atoms with Gasteiger partial charge in [0.25, 0.3) is 5.91 Å². The molecule has 0 bridgehead atoms. The molecule has 0 aliphatic rings. The van der Waals surface area contributed by atoms with Crippen molar-refractivity contribution in [1.82, 2.24) is 14.7 Å². The average molecular weight is 281 g/mol. The van der Waals surface area contributed by atoms with E-state index in [2.05, 4.69) is 10.3 Å². The van der Waals surface area contributed by atoms with Crippen LogP contribution in [0.5, 0.6) is 5.75 Å². The summed E-state index contributed by atoms with van der Waals surface area (Å²) in [5, 5.41) is 2.79. The highest BCUT2D eigenvalue weighted by atomic mass is 16.5. The molecule has 106 valence electrons. The zero-order valence-corrected chi connectivity index (χ0v) is 11.4. The van der Waals surface area contributed by atoms with Crippen LogP contribution in [0, 0.1) is 0 Å². The maximum atomic E-state index is 11.7. The molecule has 1 N–H and O–H groups in total. The number of carbonyl (C=O) groups is 1. The monoisotopic (exact) mass is 281 g/mol. The Balaban J connectivity index is 1.51. The van der Waals surface area contributed by atoms with Gasteiger partial charge in [-0.25, -0.2) is 4.98 Å². The fourth-order valence-electron chi connectivity index (χ4n) is 1.98. The van der Waals surface area contributed by atoms with Crippen LogP contribution >= 0.6 is 0 Å². The minimum absolute atomic E-state index is 0.00259. The molecule has 3 aromatic rings. The summed E-state index contributed by atoms with van der Waals surface area (Å²) >= 11 is 0. The summed E-state index contributed by atoms with van der Waals surface area (Å²) in [5.41, 5.74) is 1.68. The van der Waals surface area contributed by atoms with Gasteiger partial charge >= 0.3 is 0 Å². The number of aromatic nitrogens is 2. The van der Waals surface area contributed by atoms with Gasteiger partial charge in [0.1, 0.15) is 11.4 Å². The van der Waals surface area contributed by atoms with Crippen molar-refractivity contribution >= 4 is 11.6 Å². The number of pyridine rings is 1. The first kappa shape index (κ1) is 13.2. The topological polar surface area (TPSA) is 55.6 Å². The summed E-state index contributed by atoms with van der Waals surface area (Å²) in [4.78, 5) is 16.1. The molecule has 5 heteroatoms. The molecule has 2 aromatic heterocycles. The van der Waals surface area contributed by atoms with Crippen LogP contribution in [0.1, 0.15) is 5.69 Å². The van der Waals surface area contributed by atoms with Crippen LogP contribution in [-0.2, 0) is 11.3 Å². The third kappa shape index (κ3) is 3.39. The first-order valence-electron chi connectivity index (χ1n) is 6.68. The predicted octanol–water partition coefficient (Wildman–Crippen LogP) is 2.03. The lowest BCUT2D eigenvalue weighted by Gasteiger charge is -2.06. The molecule has 2 heterocycles. The highest BCUT2D eigenvalue weighted by molar-refractivity contribution is 5.77. The van der Waals surface area contributed by atoms with Gasteiger partial charge in [0.05, 0.1) is 12.2 Å². The third-order valence-electron chi connectivity index (χ3n) is 2.99. The second-order valence-corrected chi connectivity index (χ2v) is 4.58. The maximum Gasteiger partial charge on any atom is 0.258 e. The number of hydrogen-bond donors (Lipinski definition) is 1. The Kier molecular flexibility index (Phi) is 3.82. The number of carbonyl (C=O) groups excluding carboxylic acids is 1. The van der Waals surface area contributed by atoms with Crippen LogP contribution in [0.25, 0.3) is 5.65 Å². The van der Waals surface area contributed by atoms with E-state index >= 15 is 0 Å². The van der Waals surface area contributed by atoms with Crippen LogP contribution < -0.4 is 10.1 Å². The molecule has 0 fully saturated rings. The summed E-state index contributed by atoms with van der Waals surface area (Å²) in [7, 11) is 0. The van der Waals surface area contributed by atoms with Crippen molar-refractivity contribution in [3.63, 3.8) is 0 Å². The molecule has 1 aromatic carbocycles. The van der Waals surface area contributed by atoms with Gasteiger partial charge in [-0.1, -0.05) is 24.3 Å². The molecule has 21 heavy (non-hydrogen) atoms. The number of fused-ring (bicyclic) bond motifs is 1. The summed E-state index contributed by atoms with van der Waals surface area (Å²) in [6.45, 7) is 0.385. The number of benzene rings is 1. The predicted molar refractivity (Wildman–Crippen MR) is 79.0 cm³/mol. The largest absolute Gasteiger partial charge is 0.484 e. The molecule has 0 atom stereocenters. The van der Waals surface area contributed by atoms with E-state index in [1.807, 2.05) is 65.3 Å². The number of rotatable bonds is 5. The van der Waals surface area contributed by atoms with Crippen molar-refractivity contribution in [3.8, 4) is 5.75 Å². The molecular weight excluding hydrogens is 266 g/mol. The maximum absolute atomic E-state index is 11.7. The van der Waals surface area contributed by atoms with Crippen molar-refractivity contribution in [1.29, 1.82) is 0 Å². The van der Waals surface area contributed by atoms with E-state index in [9.17, 15) is 4.79 Å². The number of amides is 1. The number of nitrogens with one attached hydrogen (secondary N) is 1. The first-order chi connectivity index (χ1) is 10.3. The lowest BCUT2D eigenvalue weighted by molar-refractivity contribution is -0.123. The Morgan fingerprint density at radius 3 is 2.76 bits per heavy atom. The summed E-state index contributed by atoms with van der Waals surface area (Å²) in [6, 6.07) is 15.0. The van der Waals surface area contributed by atoms with Crippen LogP contribution in [0.2, 0.25) is 0 Å². The van der Waals surface area contributed by atoms with Crippen molar-refractivity contribution in [2.45, 2.75) is 6.54 Å². The second-order valence-electron chi connectivity index (χ2n) is 4.58. The van der Waals surface area contributed by atoms with Crippen molar-refractivity contribution < 1.29 is 9.53 Å². The van der Waals surface area contributed by atoms with E-state index in [-0.39, 0.29) is 12.5 Å². The Morgan fingerprint density at radius 2 is 1.95 bits per heavy atom. The molecular formula is C16H15N3O2. The Hall–Kier alpha value is -2.82. The van der Waals surface area contributed by atoms with Gasteiger partial charge in [0, 0.05) is 12.4 Å². The Bertz CT molecular complexity index is 704. The molecule has 0 aliphatic carbocycles. The van der Waals surface area contributed by atoms with Gasteiger partial charge in [-0.3, -0.25) is 4.79 Å². The highest BCUT2D eigenvalue weighted by Crippen LogP contribution is 2.08. The molecule has 0 radical (unpaired) electrons. The fraction of sp³-hybridized carbons (Fsp3) is 0.125. The third-order valence-corrected chi connectivity index (χ3v) is 2.99. The standard InChI is InChI=1S/C16H15N3O2/c20-16(12-21-14-6-2-1-3-7-14)17-10-13-11-19-9-5-4-8-15(19)18-13/h1-9,11H,10,12H2,(H,17,20). The van der Waals surface area contributed by atoms with Gasteiger partial charge in [-0.05, 0) is 24.3 Å². The highest BCUT2D eigenvalue weighted by Gasteiger charge is 2.05. The summed E-state index contributed by atoms with van der Waals surface area (Å²) in [5.74, 6) is 0.510. The molecule has 0 saturated carbocycles. The zero-order chi connectivity index (χ0) is 14.5. The van der Waals surface area contributed by atoms with Crippen molar-refractivity contribution in [2.24, 2.45) is 0 Å². The number of para-hydroxylation sites is 1. The van der Waals surface area contributed by atoms with Gasteiger partial charge in [-0.15, -0.1) is 0 Å². The molecule has 0 spiro atoms. The van der Waals surface area contributed by atoms with Crippen LogP contribution in [0.4, 0.5) is 0 Å². The first-order valence-corrected chi connectivity index (χ1v) is 6.68. The number of hydrogen-bond acceptors (Lipinski definition) is 3. The molecule has 1 amide bonds. The minimum Gasteiger partial charge on any atom is -0.484 e. The zero-order valence-electron chi connectivity index (χ0n) is 11.4. The van der Waals surface area contributed by atoms with Gasteiger partial charge in [0.2, 0.25) is 0 Å². The number of imidazole rings is 1. The molecule has 0 saturated heterocycles. The smallest absolute Gasteiger partial charge is 0.258 e. The van der Waals surface area contributed by atoms with Gasteiger partial charge in [0.15, 0.2) is 6.61 Å². The number of ether oxygens (including phenoxy) is 1. The van der Waals surface area contributed by atoms with Crippen molar-refractivity contribution in [2.75, 3.05) is 6.61 Å². The van der Waals surface area contributed by atoms with Crippen LogP contribution in [0.15, 0.2) is 60.9 Å². The minimum atomic E-state index is -0.170. The summed E-state index contributed by atoms with van der Waals surface area (Å²) in [6.07, 6.45) is 3.82. The van der Waals surface area contributed by atoms with E-state index < -0.39 is 0 Å². The van der Waals surface area contributed by atoms with Crippen LogP contribution in [0.3, 0.4) is 0 Å². The van der Waals surface area contributed by atoms with E-state index in [1.165, 1.54) is 0 Å². The molecule has 0 aliphatic heterocycles. The Labute approximate surface area is 122 Å². The lowest BCUT2D eigenvalue weighted by atomic mass is 10.3. The summed E-state index contributed by atoms with van der Waals surface area (Å²) < 4.78 is 7.30. The normalized spacial score (nSPS) is 10.5. The lowest BCUT2D eigenvalue weighted by Crippen LogP contribution is -2.28. The fourth-order valence-corrected chi connectivity index (χ4v) is 1.98.